The van der Waals surface area contributed by atoms with Crippen LogP contribution in [0.4, 0.5) is 0 Å². The first-order chi connectivity index (χ1) is 8.70. The Kier molecular flexibility index (Phi) is 6.55. The van der Waals surface area contributed by atoms with Crippen LogP contribution in [0.2, 0.25) is 5.02 Å². The monoisotopic (exact) mass is 303 g/mol. The van der Waals surface area contributed by atoms with Crippen molar-refractivity contribution in [1.82, 2.24) is 10.3 Å². The zero-order valence-corrected chi connectivity index (χ0v) is 12.2. The number of amides is 1. The van der Waals surface area contributed by atoms with E-state index in [-0.39, 0.29) is 24.4 Å². The topological polar surface area (TPSA) is 68.0 Å². The van der Waals surface area contributed by atoms with E-state index in [1.165, 1.54) is 19.0 Å². The molecule has 1 amide bonds. The van der Waals surface area contributed by atoms with Crippen LogP contribution < -0.4 is 11.1 Å². The number of halogens is 2. The number of carbonyl (C=O) groups excluding carboxylic acids is 1. The molecule has 0 saturated heterocycles. The first-order valence-electron chi connectivity index (χ1n) is 6.33. The maximum atomic E-state index is 12.0. The Labute approximate surface area is 124 Å². The van der Waals surface area contributed by atoms with Crippen molar-refractivity contribution in [3.8, 4) is 0 Å². The summed E-state index contributed by atoms with van der Waals surface area (Å²) in [5, 5.41) is 3.50. The summed E-state index contributed by atoms with van der Waals surface area (Å²) in [6.45, 7) is 0.476. The predicted molar refractivity (Wildman–Crippen MR) is 78.8 cm³/mol. The van der Waals surface area contributed by atoms with Crippen molar-refractivity contribution in [2.45, 2.75) is 31.7 Å². The minimum atomic E-state index is -0.172. The van der Waals surface area contributed by atoms with E-state index in [9.17, 15) is 4.79 Å². The largest absolute Gasteiger partial charge is 0.346 e. The lowest BCUT2D eigenvalue weighted by Gasteiger charge is -2.22. The van der Waals surface area contributed by atoms with Gasteiger partial charge >= 0.3 is 0 Å². The normalized spacial score (nSPS) is 16.7. The van der Waals surface area contributed by atoms with E-state index < -0.39 is 0 Å². The molecule has 0 bridgehead atoms. The van der Waals surface area contributed by atoms with E-state index in [1.54, 1.807) is 12.1 Å². The summed E-state index contributed by atoms with van der Waals surface area (Å²) >= 11 is 5.74. The average molecular weight is 304 g/mol. The lowest BCUT2D eigenvalue weighted by Crippen LogP contribution is -2.44. The second-order valence-electron chi connectivity index (χ2n) is 4.72. The van der Waals surface area contributed by atoms with Crippen LogP contribution >= 0.6 is 24.0 Å². The molecule has 1 atom stereocenters. The Morgan fingerprint density at radius 1 is 1.47 bits per heavy atom. The molecular formula is C13H19Cl2N3O. The third kappa shape index (κ3) is 4.34. The van der Waals surface area contributed by atoms with E-state index >= 15 is 0 Å². The summed E-state index contributed by atoms with van der Waals surface area (Å²) < 4.78 is 0. The van der Waals surface area contributed by atoms with Crippen molar-refractivity contribution in [1.29, 1.82) is 0 Å². The van der Waals surface area contributed by atoms with Crippen LogP contribution in [0.3, 0.4) is 0 Å². The number of nitrogens with one attached hydrogen (secondary N) is 1. The first kappa shape index (κ1) is 16.2. The molecule has 0 spiro atoms. The summed E-state index contributed by atoms with van der Waals surface area (Å²) in [7, 11) is 0. The Morgan fingerprint density at radius 2 is 2.16 bits per heavy atom. The molecule has 19 heavy (non-hydrogen) atoms. The Balaban J connectivity index is 0.00000180. The lowest BCUT2D eigenvalue weighted by atomic mass is 9.98. The fourth-order valence-corrected chi connectivity index (χ4v) is 2.59. The number of nitrogens with zero attached hydrogens (tertiary/aromatic N) is 1. The SMILES string of the molecule is Cl.NCC(NC(=O)c1ccc(Cl)cn1)C1CCCC1. The van der Waals surface area contributed by atoms with Crippen molar-refractivity contribution in [2.24, 2.45) is 11.7 Å². The third-order valence-corrected chi connectivity index (χ3v) is 3.72. The summed E-state index contributed by atoms with van der Waals surface area (Å²) in [5.74, 6) is 0.334. The smallest absolute Gasteiger partial charge is 0.270 e. The third-order valence-electron chi connectivity index (χ3n) is 3.50. The van der Waals surface area contributed by atoms with Crippen LogP contribution in [-0.4, -0.2) is 23.5 Å². The van der Waals surface area contributed by atoms with E-state index in [2.05, 4.69) is 10.3 Å². The summed E-state index contributed by atoms with van der Waals surface area (Å²) in [5.41, 5.74) is 6.13. The van der Waals surface area contributed by atoms with Gasteiger partial charge in [-0.05, 0) is 30.9 Å². The summed E-state index contributed by atoms with van der Waals surface area (Å²) in [6, 6.07) is 3.34. The minimum Gasteiger partial charge on any atom is -0.346 e. The molecule has 1 unspecified atom stereocenters. The van der Waals surface area contributed by atoms with Gasteiger partial charge in [0.2, 0.25) is 0 Å². The highest BCUT2D eigenvalue weighted by Crippen LogP contribution is 2.27. The van der Waals surface area contributed by atoms with E-state index in [0.717, 1.165) is 12.8 Å². The van der Waals surface area contributed by atoms with Gasteiger partial charge in [-0.25, -0.2) is 4.98 Å². The number of aromatic nitrogens is 1. The number of rotatable bonds is 4. The quantitative estimate of drug-likeness (QED) is 0.897. The highest BCUT2D eigenvalue weighted by molar-refractivity contribution is 6.30. The fraction of sp³-hybridized carbons (Fsp3) is 0.538. The summed E-state index contributed by atoms with van der Waals surface area (Å²) in [6.07, 6.45) is 6.24. The van der Waals surface area contributed by atoms with Gasteiger partial charge in [0.05, 0.1) is 5.02 Å². The molecule has 0 aromatic carbocycles. The molecule has 1 heterocycles. The van der Waals surface area contributed by atoms with Crippen LogP contribution in [-0.2, 0) is 0 Å². The second-order valence-corrected chi connectivity index (χ2v) is 5.16. The molecule has 1 saturated carbocycles. The highest BCUT2D eigenvalue weighted by atomic mass is 35.5. The molecule has 1 aliphatic rings. The molecule has 106 valence electrons. The van der Waals surface area contributed by atoms with Crippen LogP contribution in [0.15, 0.2) is 18.3 Å². The van der Waals surface area contributed by atoms with Crippen molar-refractivity contribution in [3.05, 3.63) is 29.0 Å². The number of carbonyl (C=O) groups is 1. The van der Waals surface area contributed by atoms with Gasteiger partial charge in [0.1, 0.15) is 5.69 Å². The maximum Gasteiger partial charge on any atom is 0.270 e. The van der Waals surface area contributed by atoms with Crippen molar-refractivity contribution in [2.75, 3.05) is 6.54 Å². The van der Waals surface area contributed by atoms with E-state index in [0.29, 0.717) is 23.2 Å². The van der Waals surface area contributed by atoms with Crippen molar-refractivity contribution in [3.63, 3.8) is 0 Å². The molecule has 0 radical (unpaired) electrons. The first-order valence-corrected chi connectivity index (χ1v) is 6.71. The number of hydrogen-bond acceptors (Lipinski definition) is 3. The van der Waals surface area contributed by atoms with Gasteiger partial charge in [-0.2, -0.15) is 0 Å². The van der Waals surface area contributed by atoms with Gasteiger partial charge < -0.3 is 11.1 Å². The van der Waals surface area contributed by atoms with Gasteiger partial charge in [-0.15, -0.1) is 12.4 Å². The minimum absolute atomic E-state index is 0. The van der Waals surface area contributed by atoms with Gasteiger partial charge in [-0.3, -0.25) is 4.79 Å². The Bertz CT molecular complexity index is 405. The molecule has 3 N–H and O–H groups in total. The molecule has 4 nitrogen and oxygen atoms in total. The molecule has 2 rings (SSSR count). The van der Waals surface area contributed by atoms with Gasteiger partial charge in [0.15, 0.2) is 0 Å². The molecular weight excluding hydrogens is 285 g/mol. The van der Waals surface area contributed by atoms with E-state index in [1.807, 2.05) is 0 Å². The van der Waals surface area contributed by atoms with Crippen LogP contribution in [0, 0.1) is 5.92 Å². The molecule has 1 aliphatic carbocycles. The Hall–Kier alpha value is -0.840. The fourth-order valence-electron chi connectivity index (χ4n) is 2.48. The standard InChI is InChI=1S/C13H18ClN3O.ClH/c14-10-5-6-11(16-8-10)13(18)17-12(7-15)9-3-1-2-4-9;/h5-6,8-9,12H,1-4,7,15H2,(H,17,18);1H. The van der Waals surface area contributed by atoms with Crippen LogP contribution in [0.1, 0.15) is 36.2 Å². The maximum absolute atomic E-state index is 12.0. The average Bonchev–Trinajstić information content (AvgIpc) is 2.90. The number of nitrogens with two attached hydrogens (primary N) is 1. The molecule has 6 heteroatoms. The van der Waals surface area contributed by atoms with Gasteiger partial charge in [-0.1, -0.05) is 24.4 Å². The van der Waals surface area contributed by atoms with Crippen molar-refractivity contribution < 1.29 is 4.79 Å². The van der Waals surface area contributed by atoms with E-state index in [4.69, 9.17) is 17.3 Å². The zero-order chi connectivity index (χ0) is 13.0. The lowest BCUT2D eigenvalue weighted by molar-refractivity contribution is 0.0919. The molecule has 1 fully saturated rings. The Morgan fingerprint density at radius 3 is 2.68 bits per heavy atom. The molecule has 0 aliphatic heterocycles. The highest BCUT2D eigenvalue weighted by Gasteiger charge is 2.25. The summed E-state index contributed by atoms with van der Waals surface area (Å²) in [4.78, 5) is 16.0. The van der Waals surface area contributed by atoms with Gasteiger partial charge in [0, 0.05) is 18.8 Å². The predicted octanol–water partition coefficient (Wildman–Crippen LogP) is 2.40. The molecule has 1 aromatic heterocycles. The van der Waals surface area contributed by atoms with Crippen LogP contribution in [0.25, 0.3) is 0 Å². The number of hydrogen-bond donors (Lipinski definition) is 2. The second kappa shape index (κ2) is 7.68. The molecule has 1 aromatic rings. The van der Waals surface area contributed by atoms with Crippen LogP contribution in [0.5, 0.6) is 0 Å². The van der Waals surface area contributed by atoms with Crippen molar-refractivity contribution >= 4 is 29.9 Å². The van der Waals surface area contributed by atoms with Gasteiger partial charge in [0.25, 0.3) is 5.91 Å². The zero-order valence-electron chi connectivity index (χ0n) is 10.6. The number of pyridine rings is 1.